The number of hydrogen-bond acceptors (Lipinski definition) is 3. The van der Waals surface area contributed by atoms with Gasteiger partial charge in [-0.1, -0.05) is 11.6 Å². The Morgan fingerprint density at radius 3 is 2.62 bits per heavy atom. The molecule has 16 heavy (non-hydrogen) atoms. The maximum absolute atomic E-state index is 5.94. The molecule has 1 rings (SSSR count). The third-order valence-corrected chi connectivity index (χ3v) is 3.63. The van der Waals surface area contributed by atoms with E-state index in [1.807, 2.05) is 6.07 Å². The van der Waals surface area contributed by atoms with Gasteiger partial charge in [-0.3, -0.25) is 0 Å². The van der Waals surface area contributed by atoms with E-state index in [0.717, 1.165) is 30.3 Å². The lowest BCUT2D eigenvalue weighted by Crippen LogP contribution is -2.33. The van der Waals surface area contributed by atoms with Crippen LogP contribution in [0.4, 0.5) is 0 Å². The van der Waals surface area contributed by atoms with Crippen LogP contribution in [0.1, 0.15) is 31.6 Å². The number of thiophene rings is 1. The zero-order valence-corrected chi connectivity index (χ0v) is 11.9. The molecule has 0 aliphatic rings. The number of hydrogen-bond donors (Lipinski definition) is 1. The quantitative estimate of drug-likeness (QED) is 0.850. The van der Waals surface area contributed by atoms with Crippen LogP contribution in [0.15, 0.2) is 12.1 Å². The van der Waals surface area contributed by atoms with Crippen LogP contribution in [-0.4, -0.2) is 24.0 Å². The highest BCUT2D eigenvalue weighted by molar-refractivity contribution is 7.16. The average molecular weight is 261 g/mol. The van der Waals surface area contributed by atoms with Gasteiger partial charge in [0.25, 0.3) is 0 Å². The minimum absolute atomic E-state index is 0.0485. The van der Waals surface area contributed by atoms with Crippen LogP contribution in [0.5, 0.6) is 0 Å². The van der Waals surface area contributed by atoms with Gasteiger partial charge in [0.1, 0.15) is 0 Å². The molecule has 0 aromatic carbocycles. The Balaban J connectivity index is 2.23. The van der Waals surface area contributed by atoms with Gasteiger partial charge >= 0.3 is 0 Å². The monoisotopic (exact) mass is 260 g/mol. The van der Waals surface area contributed by atoms with Crippen molar-refractivity contribution in [2.45, 2.75) is 38.8 Å². The van der Waals surface area contributed by atoms with Crippen molar-refractivity contribution >= 4 is 22.9 Å². The fraction of sp³-hybridized carbons (Fsp3) is 0.667. The van der Waals surface area contributed by atoms with E-state index in [2.05, 4.69) is 31.9 Å². The zero-order chi connectivity index (χ0) is 12.2. The van der Waals surface area contributed by atoms with Gasteiger partial charge in [0, 0.05) is 17.0 Å². The molecule has 92 valence electrons. The maximum Gasteiger partial charge on any atom is 0.0931 e. The van der Waals surface area contributed by atoms with Crippen LogP contribution in [0, 0.1) is 0 Å². The fourth-order valence-electron chi connectivity index (χ4n) is 1.59. The molecule has 2 nitrogen and oxygen atoms in total. The Morgan fingerprint density at radius 2 is 2.12 bits per heavy atom. The first-order valence-corrected chi connectivity index (χ1v) is 6.78. The summed E-state index contributed by atoms with van der Waals surface area (Å²) in [6, 6.07) is 4.05. The molecule has 0 amide bonds. The Labute approximate surface area is 107 Å². The minimum Gasteiger partial charge on any atom is -0.326 e. The van der Waals surface area contributed by atoms with Gasteiger partial charge in [0.15, 0.2) is 0 Å². The lowest BCUT2D eigenvalue weighted by atomic mass is 10.0. The molecule has 0 aliphatic carbocycles. The highest BCUT2D eigenvalue weighted by atomic mass is 35.5. The van der Waals surface area contributed by atoms with Crippen molar-refractivity contribution in [1.29, 1.82) is 0 Å². The van der Waals surface area contributed by atoms with Crippen molar-refractivity contribution < 1.29 is 0 Å². The predicted octanol–water partition coefficient (Wildman–Crippen LogP) is 3.35. The number of nitrogens with zero attached hydrogens (tertiary/aromatic N) is 1. The SMILES string of the molecule is CN(CCCC(C)(C)N)Cc1ccc(Cl)s1. The third kappa shape index (κ3) is 5.85. The predicted molar refractivity (Wildman–Crippen MR) is 73.2 cm³/mol. The molecule has 4 heteroatoms. The van der Waals surface area contributed by atoms with Gasteiger partial charge in [-0.15, -0.1) is 11.3 Å². The smallest absolute Gasteiger partial charge is 0.0931 e. The topological polar surface area (TPSA) is 29.3 Å². The second-order valence-corrected chi connectivity index (χ2v) is 6.84. The molecule has 0 saturated heterocycles. The van der Waals surface area contributed by atoms with Gasteiger partial charge in [-0.25, -0.2) is 0 Å². The summed E-state index contributed by atoms with van der Waals surface area (Å²) in [6.07, 6.45) is 2.20. The van der Waals surface area contributed by atoms with E-state index in [1.165, 1.54) is 4.88 Å². The summed E-state index contributed by atoms with van der Waals surface area (Å²) in [4.78, 5) is 3.63. The average Bonchev–Trinajstić information content (AvgIpc) is 2.48. The first-order chi connectivity index (χ1) is 7.37. The molecule has 0 fully saturated rings. The van der Waals surface area contributed by atoms with Crippen LogP contribution >= 0.6 is 22.9 Å². The molecule has 1 aromatic heterocycles. The highest BCUT2D eigenvalue weighted by Gasteiger charge is 2.10. The van der Waals surface area contributed by atoms with Crippen molar-refractivity contribution in [2.75, 3.05) is 13.6 Å². The van der Waals surface area contributed by atoms with Crippen molar-refractivity contribution in [3.63, 3.8) is 0 Å². The van der Waals surface area contributed by atoms with Crippen LogP contribution < -0.4 is 5.73 Å². The third-order valence-electron chi connectivity index (χ3n) is 2.42. The summed E-state index contributed by atoms with van der Waals surface area (Å²) >= 11 is 7.55. The molecule has 0 saturated carbocycles. The zero-order valence-electron chi connectivity index (χ0n) is 10.3. The normalized spacial score (nSPS) is 12.4. The van der Waals surface area contributed by atoms with Gasteiger partial charge in [0.2, 0.25) is 0 Å². The molecule has 0 radical (unpaired) electrons. The van der Waals surface area contributed by atoms with Crippen molar-refractivity contribution in [3.8, 4) is 0 Å². The van der Waals surface area contributed by atoms with E-state index in [1.54, 1.807) is 11.3 Å². The van der Waals surface area contributed by atoms with Gasteiger partial charge in [0.05, 0.1) is 4.34 Å². The molecule has 2 N–H and O–H groups in total. The van der Waals surface area contributed by atoms with Gasteiger partial charge in [-0.05, 0) is 52.4 Å². The molecular weight excluding hydrogens is 240 g/mol. The van der Waals surface area contributed by atoms with E-state index < -0.39 is 0 Å². The van der Waals surface area contributed by atoms with Crippen LogP contribution in [-0.2, 0) is 6.54 Å². The van der Waals surface area contributed by atoms with Crippen molar-refractivity contribution in [1.82, 2.24) is 4.90 Å². The number of rotatable bonds is 6. The minimum atomic E-state index is -0.0485. The summed E-state index contributed by atoms with van der Waals surface area (Å²) in [7, 11) is 2.14. The van der Waals surface area contributed by atoms with E-state index >= 15 is 0 Å². The summed E-state index contributed by atoms with van der Waals surface area (Å²) in [5.74, 6) is 0. The Bertz CT molecular complexity index is 317. The second-order valence-electron chi connectivity index (χ2n) is 5.04. The fourth-order valence-corrected chi connectivity index (χ4v) is 2.75. The molecule has 0 aliphatic heterocycles. The standard InChI is InChI=1S/C12H21ClN2S/c1-12(2,14)7-4-8-15(3)9-10-5-6-11(13)16-10/h5-6H,4,7-9,14H2,1-3H3. The first kappa shape index (κ1) is 14.0. The van der Waals surface area contributed by atoms with Crippen LogP contribution in [0.25, 0.3) is 0 Å². The molecule has 0 bridgehead atoms. The molecule has 0 atom stereocenters. The lowest BCUT2D eigenvalue weighted by Gasteiger charge is -2.21. The summed E-state index contributed by atoms with van der Waals surface area (Å²) in [5, 5.41) is 0. The highest BCUT2D eigenvalue weighted by Crippen LogP contribution is 2.22. The summed E-state index contributed by atoms with van der Waals surface area (Å²) in [5.41, 5.74) is 5.90. The largest absolute Gasteiger partial charge is 0.326 e. The maximum atomic E-state index is 5.94. The summed E-state index contributed by atoms with van der Waals surface area (Å²) < 4.78 is 0.867. The van der Waals surface area contributed by atoms with E-state index in [-0.39, 0.29) is 5.54 Å². The second kappa shape index (κ2) is 6.01. The van der Waals surface area contributed by atoms with Crippen molar-refractivity contribution in [3.05, 3.63) is 21.3 Å². The Hall–Kier alpha value is -0.0900. The van der Waals surface area contributed by atoms with Crippen LogP contribution in [0.2, 0.25) is 4.34 Å². The molecule has 0 unspecified atom stereocenters. The van der Waals surface area contributed by atoms with Gasteiger partial charge < -0.3 is 10.6 Å². The Kier molecular flexibility index (Phi) is 5.25. The first-order valence-electron chi connectivity index (χ1n) is 5.58. The Morgan fingerprint density at radius 1 is 1.44 bits per heavy atom. The van der Waals surface area contributed by atoms with E-state index in [0.29, 0.717) is 0 Å². The lowest BCUT2D eigenvalue weighted by molar-refractivity contribution is 0.305. The van der Waals surface area contributed by atoms with E-state index in [4.69, 9.17) is 17.3 Å². The molecule has 1 aromatic rings. The van der Waals surface area contributed by atoms with Crippen LogP contribution in [0.3, 0.4) is 0 Å². The summed E-state index contributed by atoms with van der Waals surface area (Å²) in [6.45, 7) is 6.20. The molecule has 0 spiro atoms. The number of nitrogens with two attached hydrogens (primary N) is 1. The van der Waals surface area contributed by atoms with Crippen molar-refractivity contribution in [2.24, 2.45) is 5.73 Å². The number of halogens is 1. The molecule has 1 heterocycles. The van der Waals surface area contributed by atoms with E-state index in [9.17, 15) is 0 Å². The van der Waals surface area contributed by atoms with Gasteiger partial charge in [-0.2, -0.15) is 0 Å². The molecular formula is C12H21ClN2S.